The molecule has 0 saturated carbocycles. The molecule has 0 fully saturated rings. The number of anilines is 1. The molecule has 98 valence electrons. The Morgan fingerprint density at radius 2 is 2.06 bits per heavy atom. The van der Waals surface area contributed by atoms with Crippen LogP contribution >= 0.6 is 11.8 Å². The minimum absolute atomic E-state index is 0.102. The van der Waals surface area contributed by atoms with Crippen molar-refractivity contribution in [2.24, 2.45) is 0 Å². The highest BCUT2D eigenvalue weighted by atomic mass is 32.2. The number of hydrogen-bond acceptors (Lipinski definition) is 5. The van der Waals surface area contributed by atoms with Crippen LogP contribution in [0.25, 0.3) is 0 Å². The Morgan fingerprint density at radius 3 is 2.61 bits per heavy atom. The maximum absolute atomic E-state index is 11.8. The molecule has 0 aliphatic heterocycles. The summed E-state index contributed by atoms with van der Waals surface area (Å²) in [6.07, 6.45) is 0. The number of esters is 1. The summed E-state index contributed by atoms with van der Waals surface area (Å²) in [5, 5.41) is 0. The molecule has 0 bridgehead atoms. The Kier molecular flexibility index (Phi) is 5.03. The lowest BCUT2D eigenvalue weighted by atomic mass is 10.2. The molecular weight excluding hydrogens is 252 g/mol. The smallest absolute Gasteiger partial charge is 0.315 e. The van der Waals surface area contributed by atoms with Crippen LogP contribution in [-0.2, 0) is 9.53 Å². The second-order valence-corrected chi connectivity index (χ2v) is 4.83. The first kappa shape index (κ1) is 14.4. The van der Waals surface area contributed by atoms with E-state index in [-0.39, 0.29) is 17.6 Å². The Balaban J connectivity index is 2.88. The lowest BCUT2D eigenvalue weighted by Crippen LogP contribution is -2.21. The Labute approximate surface area is 110 Å². The van der Waals surface area contributed by atoms with E-state index in [0.717, 1.165) is 0 Å². The van der Waals surface area contributed by atoms with Gasteiger partial charge in [0, 0.05) is 30.2 Å². The average molecular weight is 268 g/mol. The van der Waals surface area contributed by atoms with Crippen molar-refractivity contribution in [3.63, 3.8) is 0 Å². The molecule has 5 nitrogen and oxygen atoms in total. The van der Waals surface area contributed by atoms with E-state index in [0.29, 0.717) is 16.1 Å². The fourth-order valence-electron chi connectivity index (χ4n) is 1.25. The van der Waals surface area contributed by atoms with E-state index >= 15 is 0 Å². The number of carbonyl (C=O) groups excluding carboxylic acids is 2. The lowest BCUT2D eigenvalue weighted by molar-refractivity contribution is -0.137. The largest absolute Gasteiger partial charge is 0.468 e. The fraction of sp³-hybridized carbons (Fsp3) is 0.333. The molecular formula is C12H16N2O3S. The molecule has 0 radical (unpaired) electrons. The van der Waals surface area contributed by atoms with Crippen molar-refractivity contribution in [2.45, 2.75) is 4.90 Å². The van der Waals surface area contributed by atoms with Gasteiger partial charge in [-0.15, -0.1) is 11.8 Å². The summed E-state index contributed by atoms with van der Waals surface area (Å²) in [7, 11) is 4.69. The van der Waals surface area contributed by atoms with E-state index in [1.165, 1.54) is 23.8 Å². The minimum Gasteiger partial charge on any atom is -0.468 e. The number of nitrogens with two attached hydrogens (primary N) is 1. The molecule has 6 heteroatoms. The van der Waals surface area contributed by atoms with Crippen molar-refractivity contribution in [3.05, 3.63) is 23.8 Å². The van der Waals surface area contributed by atoms with Crippen LogP contribution in [0, 0.1) is 0 Å². The van der Waals surface area contributed by atoms with E-state index in [1.807, 2.05) is 0 Å². The van der Waals surface area contributed by atoms with Crippen molar-refractivity contribution in [2.75, 3.05) is 32.7 Å². The molecule has 0 aromatic heterocycles. The molecule has 0 atom stereocenters. The highest BCUT2D eigenvalue weighted by Gasteiger charge is 2.11. The van der Waals surface area contributed by atoms with Gasteiger partial charge in [0.15, 0.2) is 0 Å². The number of hydrogen-bond donors (Lipinski definition) is 1. The zero-order chi connectivity index (χ0) is 13.7. The number of benzene rings is 1. The third-order valence-corrected chi connectivity index (χ3v) is 3.28. The van der Waals surface area contributed by atoms with Crippen LogP contribution < -0.4 is 5.73 Å². The molecule has 18 heavy (non-hydrogen) atoms. The summed E-state index contributed by atoms with van der Waals surface area (Å²) in [6.45, 7) is 0. The Morgan fingerprint density at radius 1 is 1.39 bits per heavy atom. The monoisotopic (exact) mass is 268 g/mol. The van der Waals surface area contributed by atoms with Gasteiger partial charge in [0.05, 0.1) is 12.9 Å². The normalized spacial score (nSPS) is 9.94. The first-order chi connectivity index (χ1) is 8.45. The first-order valence-electron chi connectivity index (χ1n) is 5.26. The number of carbonyl (C=O) groups is 2. The predicted octanol–water partition coefficient (Wildman–Crippen LogP) is 1.24. The molecule has 1 rings (SSSR count). The van der Waals surface area contributed by atoms with Crippen LogP contribution in [0.2, 0.25) is 0 Å². The van der Waals surface area contributed by atoms with Crippen LogP contribution in [0.5, 0.6) is 0 Å². The average Bonchev–Trinajstić information content (AvgIpc) is 2.36. The molecule has 1 aromatic carbocycles. The first-order valence-corrected chi connectivity index (χ1v) is 6.25. The number of rotatable bonds is 4. The number of methoxy groups -OCH3 is 1. The van der Waals surface area contributed by atoms with Crippen molar-refractivity contribution in [3.8, 4) is 0 Å². The maximum Gasteiger partial charge on any atom is 0.315 e. The summed E-state index contributed by atoms with van der Waals surface area (Å²) >= 11 is 1.25. The minimum atomic E-state index is -0.330. The van der Waals surface area contributed by atoms with Gasteiger partial charge in [0.2, 0.25) is 0 Å². The third kappa shape index (κ3) is 3.66. The number of nitrogens with zero attached hydrogens (tertiary/aromatic N) is 1. The van der Waals surface area contributed by atoms with Gasteiger partial charge in [-0.05, 0) is 18.2 Å². The Bertz CT molecular complexity index is 461. The molecule has 0 aliphatic carbocycles. The van der Waals surface area contributed by atoms with Crippen LogP contribution in [-0.4, -0.2) is 43.7 Å². The molecule has 0 unspecified atom stereocenters. The highest BCUT2D eigenvalue weighted by Crippen LogP contribution is 2.26. The van der Waals surface area contributed by atoms with Crippen molar-refractivity contribution in [1.82, 2.24) is 4.90 Å². The third-order valence-electron chi connectivity index (χ3n) is 2.24. The predicted molar refractivity (Wildman–Crippen MR) is 71.6 cm³/mol. The standard InChI is InChI=1S/C12H16N2O3S/c1-14(2)12(16)8-4-5-9(13)10(6-8)18-7-11(15)17-3/h4-6H,7,13H2,1-3H3. The molecule has 2 N–H and O–H groups in total. The van der Waals surface area contributed by atoms with Crippen LogP contribution in [0.1, 0.15) is 10.4 Å². The van der Waals surface area contributed by atoms with Gasteiger partial charge >= 0.3 is 5.97 Å². The van der Waals surface area contributed by atoms with E-state index in [9.17, 15) is 9.59 Å². The quantitative estimate of drug-likeness (QED) is 0.505. The SMILES string of the molecule is COC(=O)CSc1cc(C(=O)N(C)C)ccc1N. The summed E-state index contributed by atoms with van der Waals surface area (Å²) < 4.78 is 4.55. The number of amides is 1. The van der Waals surface area contributed by atoms with E-state index < -0.39 is 0 Å². The summed E-state index contributed by atoms with van der Waals surface area (Å²) in [5.74, 6) is -0.265. The van der Waals surface area contributed by atoms with Crippen LogP contribution in [0.4, 0.5) is 5.69 Å². The molecule has 1 amide bonds. The van der Waals surface area contributed by atoms with Gasteiger partial charge in [-0.25, -0.2) is 0 Å². The van der Waals surface area contributed by atoms with Crippen LogP contribution in [0.3, 0.4) is 0 Å². The molecule has 0 spiro atoms. The summed E-state index contributed by atoms with van der Waals surface area (Å²) in [5.41, 5.74) is 6.88. The lowest BCUT2D eigenvalue weighted by Gasteiger charge is -2.12. The van der Waals surface area contributed by atoms with E-state index in [4.69, 9.17) is 5.73 Å². The maximum atomic E-state index is 11.8. The zero-order valence-electron chi connectivity index (χ0n) is 10.6. The number of nitrogen functional groups attached to an aromatic ring is 1. The van der Waals surface area contributed by atoms with Gasteiger partial charge in [0.1, 0.15) is 0 Å². The summed E-state index contributed by atoms with van der Waals surface area (Å²) in [6, 6.07) is 5.02. The van der Waals surface area contributed by atoms with Crippen molar-refractivity contribution >= 4 is 29.3 Å². The van der Waals surface area contributed by atoms with E-state index in [2.05, 4.69) is 4.74 Å². The fourth-order valence-corrected chi connectivity index (χ4v) is 2.08. The van der Waals surface area contributed by atoms with Crippen LogP contribution in [0.15, 0.2) is 23.1 Å². The van der Waals surface area contributed by atoms with Gasteiger partial charge in [-0.3, -0.25) is 9.59 Å². The molecule has 0 aliphatic rings. The number of thioether (sulfide) groups is 1. The van der Waals surface area contributed by atoms with Crippen molar-refractivity contribution in [1.29, 1.82) is 0 Å². The number of ether oxygens (including phenoxy) is 1. The summed E-state index contributed by atoms with van der Waals surface area (Å²) in [4.78, 5) is 25.0. The second-order valence-electron chi connectivity index (χ2n) is 3.82. The van der Waals surface area contributed by atoms with E-state index in [1.54, 1.807) is 32.3 Å². The topological polar surface area (TPSA) is 72.6 Å². The van der Waals surface area contributed by atoms with Gasteiger partial charge in [0.25, 0.3) is 5.91 Å². The second kappa shape index (κ2) is 6.30. The molecule has 1 aromatic rings. The van der Waals surface area contributed by atoms with Gasteiger partial charge in [-0.2, -0.15) is 0 Å². The van der Waals surface area contributed by atoms with Gasteiger partial charge in [-0.1, -0.05) is 0 Å². The molecule has 0 saturated heterocycles. The van der Waals surface area contributed by atoms with Crippen molar-refractivity contribution < 1.29 is 14.3 Å². The van der Waals surface area contributed by atoms with Gasteiger partial charge < -0.3 is 15.4 Å². The highest BCUT2D eigenvalue weighted by molar-refractivity contribution is 8.00. The Hall–Kier alpha value is -1.69. The molecule has 0 heterocycles. The zero-order valence-corrected chi connectivity index (χ0v) is 11.4.